The van der Waals surface area contributed by atoms with E-state index in [1.54, 1.807) is 0 Å². The summed E-state index contributed by atoms with van der Waals surface area (Å²) < 4.78 is 0. The summed E-state index contributed by atoms with van der Waals surface area (Å²) in [5.74, 6) is -0.231. The second kappa shape index (κ2) is 4.78. The molecule has 3 nitrogen and oxygen atoms in total. The molecule has 14 heavy (non-hydrogen) atoms. The Kier molecular flexibility index (Phi) is 3.93. The van der Waals surface area contributed by atoms with E-state index in [1.165, 1.54) is 32.1 Å². The monoisotopic (exact) mass is 198 g/mol. The zero-order valence-corrected chi connectivity index (χ0v) is 9.31. The predicted molar refractivity (Wildman–Crippen MR) is 57.9 cm³/mol. The van der Waals surface area contributed by atoms with E-state index in [0.717, 1.165) is 6.42 Å². The van der Waals surface area contributed by atoms with E-state index in [-0.39, 0.29) is 5.91 Å². The van der Waals surface area contributed by atoms with Gasteiger partial charge in [-0.3, -0.25) is 4.79 Å². The van der Waals surface area contributed by atoms with Crippen molar-refractivity contribution in [2.24, 2.45) is 5.73 Å². The molecule has 0 aromatic rings. The smallest absolute Gasteiger partial charge is 0.237 e. The maximum atomic E-state index is 11.3. The van der Waals surface area contributed by atoms with Crippen molar-refractivity contribution in [3.05, 3.63) is 0 Å². The molecule has 0 bridgehead atoms. The Morgan fingerprint density at radius 3 is 2.43 bits per heavy atom. The second-order valence-electron chi connectivity index (χ2n) is 4.53. The van der Waals surface area contributed by atoms with E-state index in [1.807, 2.05) is 13.8 Å². The zero-order chi connectivity index (χ0) is 10.6. The molecule has 1 aliphatic rings. The molecule has 3 heteroatoms. The van der Waals surface area contributed by atoms with E-state index in [0.29, 0.717) is 6.04 Å². The summed E-state index contributed by atoms with van der Waals surface area (Å²) in [5, 5.41) is 3.41. The minimum Gasteiger partial charge on any atom is -0.368 e. The molecule has 1 amide bonds. The second-order valence-corrected chi connectivity index (χ2v) is 4.53. The highest BCUT2D eigenvalue weighted by molar-refractivity contribution is 5.84. The molecule has 1 atom stereocenters. The number of carbonyl (C=O) groups is 1. The lowest BCUT2D eigenvalue weighted by molar-refractivity contribution is -0.124. The van der Waals surface area contributed by atoms with Crippen molar-refractivity contribution < 1.29 is 4.79 Å². The van der Waals surface area contributed by atoms with Gasteiger partial charge in [-0.2, -0.15) is 0 Å². The van der Waals surface area contributed by atoms with Crippen LogP contribution in [-0.2, 0) is 4.79 Å². The van der Waals surface area contributed by atoms with Crippen molar-refractivity contribution in [2.45, 2.75) is 64.0 Å². The molecule has 1 saturated carbocycles. The summed E-state index contributed by atoms with van der Waals surface area (Å²) >= 11 is 0. The highest BCUT2D eigenvalue weighted by Gasteiger charge is 2.31. The van der Waals surface area contributed by atoms with Gasteiger partial charge in [0.2, 0.25) is 5.91 Å². The Balaban J connectivity index is 2.50. The molecule has 3 N–H and O–H groups in total. The summed E-state index contributed by atoms with van der Waals surface area (Å²) in [6.07, 6.45) is 7.01. The van der Waals surface area contributed by atoms with Crippen LogP contribution in [0.25, 0.3) is 0 Å². The Morgan fingerprint density at radius 1 is 1.43 bits per heavy atom. The summed E-state index contributed by atoms with van der Waals surface area (Å²) in [6, 6.07) is 0.487. The van der Waals surface area contributed by atoms with Crippen molar-refractivity contribution in [3.8, 4) is 0 Å². The molecule has 82 valence electrons. The van der Waals surface area contributed by atoms with Gasteiger partial charge in [0.15, 0.2) is 0 Å². The maximum Gasteiger partial charge on any atom is 0.237 e. The van der Waals surface area contributed by atoms with Gasteiger partial charge in [-0.15, -0.1) is 0 Å². The standard InChI is InChI=1S/C11H22N2O/c1-3-11(2,10(12)14)13-9-7-5-4-6-8-9/h9,13H,3-8H2,1-2H3,(H2,12,14). The van der Waals surface area contributed by atoms with Gasteiger partial charge in [-0.1, -0.05) is 26.2 Å². The summed E-state index contributed by atoms with van der Waals surface area (Å²) in [4.78, 5) is 11.3. The van der Waals surface area contributed by atoms with Gasteiger partial charge in [-0.05, 0) is 26.2 Å². The van der Waals surface area contributed by atoms with Gasteiger partial charge in [-0.25, -0.2) is 0 Å². The predicted octanol–water partition coefficient (Wildman–Crippen LogP) is 1.56. The molecular weight excluding hydrogens is 176 g/mol. The van der Waals surface area contributed by atoms with Crippen LogP contribution < -0.4 is 11.1 Å². The number of primary amides is 1. The van der Waals surface area contributed by atoms with E-state index in [2.05, 4.69) is 5.32 Å². The Morgan fingerprint density at radius 2 is 2.00 bits per heavy atom. The van der Waals surface area contributed by atoms with Crippen molar-refractivity contribution in [2.75, 3.05) is 0 Å². The van der Waals surface area contributed by atoms with Crippen molar-refractivity contribution in [1.29, 1.82) is 0 Å². The number of carbonyl (C=O) groups excluding carboxylic acids is 1. The Bertz CT molecular complexity index is 199. The lowest BCUT2D eigenvalue weighted by Gasteiger charge is -2.33. The fourth-order valence-electron chi connectivity index (χ4n) is 2.04. The van der Waals surface area contributed by atoms with Gasteiger partial charge < -0.3 is 11.1 Å². The van der Waals surface area contributed by atoms with Crippen molar-refractivity contribution >= 4 is 5.91 Å². The molecule has 0 heterocycles. The minimum atomic E-state index is -0.512. The molecule has 0 saturated heterocycles. The molecule has 1 rings (SSSR count). The summed E-state index contributed by atoms with van der Waals surface area (Å²) in [6.45, 7) is 3.91. The number of nitrogens with two attached hydrogens (primary N) is 1. The lowest BCUT2D eigenvalue weighted by Crippen LogP contribution is -2.56. The zero-order valence-electron chi connectivity index (χ0n) is 9.31. The third-order valence-corrected chi connectivity index (χ3v) is 3.38. The fraction of sp³-hybridized carbons (Fsp3) is 0.909. The number of rotatable bonds is 4. The van der Waals surface area contributed by atoms with Crippen LogP contribution in [0.3, 0.4) is 0 Å². The van der Waals surface area contributed by atoms with E-state index >= 15 is 0 Å². The van der Waals surface area contributed by atoms with Gasteiger partial charge in [0, 0.05) is 6.04 Å². The molecule has 1 unspecified atom stereocenters. The van der Waals surface area contributed by atoms with Crippen LogP contribution in [0.2, 0.25) is 0 Å². The number of hydrogen-bond acceptors (Lipinski definition) is 2. The quantitative estimate of drug-likeness (QED) is 0.720. The Labute approximate surface area is 86.4 Å². The van der Waals surface area contributed by atoms with E-state index < -0.39 is 5.54 Å². The molecule has 0 spiro atoms. The van der Waals surface area contributed by atoms with Crippen LogP contribution in [0.5, 0.6) is 0 Å². The average molecular weight is 198 g/mol. The topological polar surface area (TPSA) is 55.1 Å². The highest BCUT2D eigenvalue weighted by atomic mass is 16.1. The Hall–Kier alpha value is -0.570. The third-order valence-electron chi connectivity index (χ3n) is 3.38. The third kappa shape index (κ3) is 2.71. The van der Waals surface area contributed by atoms with Gasteiger partial charge in [0.25, 0.3) is 0 Å². The largest absolute Gasteiger partial charge is 0.368 e. The normalized spacial score (nSPS) is 23.0. The van der Waals surface area contributed by atoms with Gasteiger partial charge in [0.05, 0.1) is 5.54 Å². The summed E-state index contributed by atoms with van der Waals surface area (Å²) in [7, 11) is 0. The minimum absolute atomic E-state index is 0.231. The molecule has 1 aliphatic carbocycles. The summed E-state index contributed by atoms with van der Waals surface area (Å²) in [5.41, 5.74) is 4.89. The molecule has 0 aliphatic heterocycles. The van der Waals surface area contributed by atoms with Crippen LogP contribution in [0, 0.1) is 0 Å². The van der Waals surface area contributed by atoms with E-state index in [4.69, 9.17) is 5.73 Å². The van der Waals surface area contributed by atoms with Crippen LogP contribution in [0.1, 0.15) is 52.4 Å². The molecular formula is C11H22N2O. The van der Waals surface area contributed by atoms with E-state index in [9.17, 15) is 4.79 Å². The molecule has 0 aromatic carbocycles. The average Bonchev–Trinajstić information content (AvgIpc) is 2.19. The van der Waals surface area contributed by atoms with Crippen molar-refractivity contribution in [1.82, 2.24) is 5.32 Å². The maximum absolute atomic E-state index is 11.3. The van der Waals surface area contributed by atoms with Gasteiger partial charge >= 0.3 is 0 Å². The number of amides is 1. The number of nitrogens with one attached hydrogen (secondary N) is 1. The first-order valence-corrected chi connectivity index (χ1v) is 5.66. The highest BCUT2D eigenvalue weighted by Crippen LogP contribution is 2.21. The van der Waals surface area contributed by atoms with Gasteiger partial charge in [0.1, 0.15) is 0 Å². The first-order chi connectivity index (χ1) is 6.58. The number of hydrogen-bond donors (Lipinski definition) is 2. The SMILES string of the molecule is CCC(C)(NC1CCCCC1)C(N)=O. The lowest BCUT2D eigenvalue weighted by atomic mass is 9.90. The van der Waals surface area contributed by atoms with Crippen LogP contribution in [0.15, 0.2) is 0 Å². The molecule has 0 aromatic heterocycles. The van der Waals surface area contributed by atoms with Crippen molar-refractivity contribution in [3.63, 3.8) is 0 Å². The fourth-order valence-corrected chi connectivity index (χ4v) is 2.04. The molecule has 1 fully saturated rings. The van der Waals surface area contributed by atoms with Crippen LogP contribution in [0.4, 0.5) is 0 Å². The first kappa shape index (κ1) is 11.5. The molecule has 0 radical (unpaired) electrons. The van der Waals surface area contributed by atoms with Crippen LogP contribution >= 0.6 is 0 Å². The van der Waals surface area contributed by atoms with Crippen LogP contribution in [-0.4, -0.2) is 17.5 Å². The first-order valence-electron chi connectivity index (χ1n) is 5.66.